The maximum atomic E-state index is 13.5. The summed E-state index contributed by atoms with van der Waals surface area (Å²) in [6.45, 7) is 4.81. The molecule has 25 heavy (non-hydrogen) atoms. The summed E-state index contributed by atoms with van der Waals surface area (Å²) in [7, 11) is 0. The molecule has 0 saturated heterocycles. The maximum absolute atomic E-state index is 13.5. The monoisotopic (exact) mass is 334 g/mol. The molecule has 3 heterocycles. The van der Waals surface area contributed by atoms with Gasteiger partial charge in [0.2, 0.25) is 0 Å². The predicted octanol–water partition coefficient (Wildman–Crippen LogP) is 4.26. The van der Waals surface area contributed by atoms with Gasteiger partial charge < -0.3 is 8.97 Å². The largest absolute Gasteiger partial charge is 0.325 e. The van der Waals surface area contributed by atoms with Gasteiger partial charge in [0.05, 0.1) is 12.2 Å². The number of aryl methyl sites for hydroxylation is 2. The van der Waals surface area contributed by atoms with Gasteiger partial charge in [-0.1, -0.05) is 19.1 Å². The van der Waals surface area contributed by atoms with E-state index < -0.39 is 0 Å². The van der Waals surface area contributed by atoms with E-state index in [1.54, 1.807) is 12.3 Å². The minimum absolute atomic E-state index is 0.261. The van der Waals surface area contributed by atoms with Gasteiger partial charge in [-0.25, -0.2) is 14.4 Å². The van der Waals surface area contributed by atoms with Crippen LogP contribution >= 0.6 is 0 Å². The highest BCUT2D eigenvalue weighted by Gasteiger charge is 2.12. The van der Waals surface area contributed by atoms with Crippen molar-refractivity contribution in [2.75, 3.05) is 0 Å². The van der Waals surface area contributed by atoms with Gasteiger partial charge in [-0.05, 0) is 43.2 Å². The van der Waals surface area contributed by atoms with Crippen molar-refractivity contribution in [2.45, 2.75) is 26.8 Å². The average molecular weight is 334 g/mol. The highest BCUT2D eigenvalue weighted by Crippen LogP contribution is 2.21. The van der Waals surface area contributed by atoms with E-state index in [2.05, 4.69) is 41.6 Å². The minimum atomic E-state index is -0.261. The third-order valence-electron chi connectivity index (χ3n) is 4.55. The van der Waals surface area contributed by atoms with E-state index in [0.29, 0.717) is 6.54 Å². The first kappa shape index (κ1) is 15.6. The van der Waals surface area contributed by atoms with Crippen LogP contribution in [-0.4, -0.2) is 18.9 Å². The summed E-state index contributed by atoms with van der Waals surface area (Å²) in [6.07, 6.45) is 6.70. The normalized spacial score (nSPS) is 11.3. The molecule has 0 bridgehead atoms. The first-order chi connectivity index (χ1) is 12.2. The second-order valence-corrected chi connectivity index (χ2v) is 6.15. The van der Waals surface area contributed by atoms with E-state index in [1.165, 1.54) is 17.7 Å². The summed E-state index contributed by atoms with van der Waals surface area (Å²) in [6, 6.07) is 10.8. The van der Waals surface area contributed by atoms with Crippen LogP contribution in [0.1, 0.15) is 23.9 Å². The lowest BCUT2D eigenvalue weighted by molar-refractivity contribution is 0.628. The molecule has 0 fully saturated rings. The van der Waals surface area contributed by atoms with Crippen molar-refractivity contribution >= 4 is 5.65 Å². The average Bonchev–Trinajstić information content (AvgIpc) is 3.20. The first-order valence-electron chi connectivity index (χ1n) is 8.39. The fraction of sp³-hybridized carbons (Fsp3) is 0.200. The molecule has 126 valence electrons. The fourth-order valence-electron chi connectivity index (χ4n) is 3.11. The number of benzene rings is 1. The molecule has 0 spiro atoms. The van der Waals surface area contributed by atoms with E-state index in [-0.39, 0.29) is 5.82 Å². The molecular formula is C20H19FN4. The SMILES string of the molecule is CCc1ccn2c(C)c(Cn3ccnc3-c3cccc(F)c3)nc2c1. The molecule has 0 N–H and O–H groups in total. The quantitative estimate of drug-likeness (QED) is 0.559. The molecule has 0 saturated carbocycles. The van der Waals surface area contributed by atoms with Gasteiger partial charge in [-0.3, -0.25) is 0 Å². The second kappa shape index (κ2) is 6.16. The van der Waals surface area contributed by atoms with Crippen molar-refractivity contribution < 1.29 is 4.39 Å². The molecule has 0 atom stereocenters. The Kier molecular flexibility index (Phi) is 3.84. The van der Waals surface area contributed by atoms with E-state index >= 15 is 0 Å². The van der Waals surface area contributed by atoms with Crippen LogP contribution in [0.15, 0.2) is 55.0 Å². The molecule has 0 aliphatic carbocycles. The van der Waals surface area contributed by atoms with Crippen molar-refractivity contribution in [3.8, 4) is 11.4 Å². The summed E-state index contributed by atoms with van der Waals surface area (Å²) in [5, 5.41) is 0. The van der Waals surface area contributed by atoms with Crippen molar-refractivity contribution in [1.29, 1.82) is 0 Å². The van der Waals surface area contributed by atoms with Gasteiger partial charge in [0, 0.05) is 29.8 Å². The number of aromatic nitrogens is 4. The lowest BCUT2D eigenvalue weighted by atomic mass is 10.2. The maximum Gasteiger partial charge on any atom is 0.140 e. The molecular weight excluding hydrogens is 315 g/mol. The van der Waals surface area contributed by atoms with E-state index in [0.717, 1.165) is 34.8 Å². The number of rotatable bonds is 4. The van der Waals surface area contributed by atoms with E-state index in [4.69, 9.17) is 4.98 Å². The lowest BCUT2D eigenvalue weighted by Gasteiger charge is -2.07. The molecule has 4 aromatic rings. The molecule has 4 rings (SSSR count). The zero-order valence-electron chi connectivity index (χ0n) is 14.3. The van der Waals surface area contributed by atoms with Crippen LogP contribution in [-0.2, 0) is 13.0 Å². The molecule has 0 radical (unpaired) electrons. The van der Waals surface area contributed by atoms with Crippen LogP contribution in [0.3, 0.4) is 0 Å². The van der Waals surface area contributed by atoms with E-state index in [9.17, 15) is 4.39 Å². The fourth-order valence-corrected chi connectivity index (χ4v) is 3.11. The number of nitrogens with zero attached hydrogens (tertiary/aromatic N) is 4. The molecule has 1 aromatic carbocycles. The van der Waals surface area contributed by atoms with Crippen LogP contribution in [0.4, 0.5) is 4.39 Å². The van der Waals surface area contributed by atoms with Gasteiger partial charge in [-0.15, -0.1) is 0 Å². The number of halogens is 1. The van der Waals surface area contributed by atoms with Gasteiger partial charge >= 0.3 is 0 Å². The Labute approximate surface area is 145 Å². The lowest BCUT2D eigenvalue weighted by Crippen LogP contribution is -2.03. The Morgan fingerprint density at radius 3 is 2.80 bits per heavy atom. The third-order valence-corrected chi connectivity index (χ3v) is 4.55. The highest BCUT2D eigenvalue weighted by molar-refractivity contribution is 5.55. The van der Waals surface area contributed by atoms with Gasteiger partial charge in [0.15, 0.2) is 0 Å². The Bertz CT molecular complexity index is 1040. The second-order valence-electron chi connectivity index (χ2n) is 6.15. The standard InChI is InChI=1S/C20H19FN4/c1-3-15-7-9-25-14(2)18(23-19(25)11-15)13-24-10-8-22-20(24)16-5-4-6-17(21)12-16/h4-12H,3,13H2,1-2H3. The van der Waals surface area contributed by atoms with Crippen molar-refractivity contribution in [2.24, 2.45) is 0 Å². The molecule has 3 aromatic heterocycles. The van der Waals surface area contributed by atoms with Gasteiger partial charge in [-0.2, -0.15) is 0 Å². The van der Waals surface area contributed by atoms with Crippen molar-refractivity contribution in [1.82, 2.24) is 18.9 Å². The molecule has 0 unspecified atom stereocenters. The number of imidazole rings is 2. The Morgan fingerprint density at radius 1 is 1.12 bits per heavy atom. The first-order valence-corrected chi connectivity index (χ1v) is 8.39. The Morgan fingerprint density at radius 2 is 2.00 bits per heavy atom. The summed E-state index contributed by atoms with van der Waals surface area (Å²) in [5.74, 6) is 0.480. The van der Waals surface area contributed by atoms with Crippen molar-refractivity contribution in [3.63, 3.8) is 0 Å². The van der Waals surface area contributed by atoms with Crippen LogP contribution < -0.4 is 0 Å². The van der Waals surface area contributed by atoms with Crippen molar-refractivity contribution in [3.05, 3.63) is 77.8 Å². The highest BCUT2D eigenvalue weighted by atomic mass is 19.1. The van der Waals surface area contributed by atoms with Crippen LogP contribution in [0, 0.1) is 12.7 Å². The number of hydrogen-bond donors (Lipinski definition) is 0. The van der Waals surface area contributed by atoms with Crippen LogP contribution in [0.25, 0.3) is 17.0 Å². The third kappa shape index (κ3) is 2.82. The predicted molar refractivity (Wildman–Crippen MR) is 96.0 cm³/mol. The number of pyridine rings is 1. The van der Waals surface area contributed by atoms with Gasteiger partial charge in [0.25, 0.3) is 0 Å². The summed E-state index contributed by atoms with van der Waals surface area (Å²) in [5.41, 5.74) is 5.09. The zero-order chi connectivity index (χ0) is 17.4. The van der Waals surface area contributed by atoms with Crippen LogP contribution in [0.2, 0.25) is 0 Å². The molecule has 0 aliphatic heterocycles. The Balaban J connectivity index is 1.73. The molecule has 5 heteroatoms. The minimum Gasteiger partial charge on any atom is -0.325 e. The molecule has 0 aliphatic rings. The topological polar surface area (TPSA) is 35.1 Å². The summed E-state index contributed by atoms with van der Waals surface area (Å²) >= 11 is 0. The molecule has 0 amide bonds. The van der Waals surface area contributed by atoms with Gasteiger partial charge in [0.1, 0.15) is 17.3 Å². The van der Waals surface area contributed by atoms with E-state index in [1.807, 2.05) is 16.8 Å². The Hall–Kier alpha value is -2.95. The summed E-state index contributed by atoms with van der Waals surface area (Å²) < 4.78 is 17.6. The zero-order valence-corrected chi connectivity index (χ0v) is 14.3. The number of fused-ring (bicyclic) bond motifs is 1. The molecule has 4 nitrogen and oxygen atoms in total. The number of hydrogen-bond acceptors (Lipinski definition) is 2. The van der Waals surface area contributed by atoms with Crippen LogP contribution in [0.5, 0.6) is 0 Å². The summed E-state index contributed by atoms with van der Waals surface area (Å²) in [4.78, 5) is 9.18. The smallest absolute Gasteiger partial charge is 0.140 e.